The zero-order valence-corrected chi connectivity index (χ0v) is 18.4. The number of aromatic nitrogens is 3. The normalized spacial score (nSPS) is 10.7. The highest BCUT2D eigenvalue weighted by Crippen LogP contribution is 2.32. The first-order valence-corrected chi connectivity index (χ1v) is 11.1. The Bertz CT molecular complexity index is 1010. The van der Waals surface area contributed by atoms with Crippen molar-refractivity contribution in [3.8, 4) is 17.1 Å². The van der Waals surface area contributed by atoms with E-state index >= 15 is 0 Å². The molecule has 1 aromatic carbocycles. The number of carbonyl (C=O) groups is 1. The van der Waals surface area contributed by atoms with Crippen LogP contribution in [0.25, 0.3) is 11.4 Å². The number of allylic oxidation sites excluding steroid dienone is 1. The monoisotopic (exact) mass is 428 g/mol. The van der Waals surface area contributed by atoms with Crippen molar-refractivity contribution in [3.63, 3.8) is 0 Å². The summed E-state index contributed by atoms with van der Waals surface area (Å²) in [4.78, 5) is 13.7. The molecule has 0 aliphatic carbocycles. The first-order chi connectivity index (χ1) is 14.1. The standard InChI is InChI=1S/C21H24N4O2S2/c1-5-10-25-20(18-12-28-14(3)17(18)6-2)23-24-21(25)29-13-19(26)22-15-8-7-9-16(11-15)27-4/h5,7-9,11-12H,1,6,10,13H2,2-4H3,(H,22,26). The van der Waals surface area contributed by atoms with Gasteiger partial charge in [0.05, 0.1) is 12.9 Å². The molecule has 0 aliphatic rings. The summed E-state index contributed by atoms with van der Waals surface area (Å²) in [6, 6.07) is 7.28. The lowest BCUT2D eigenvalue weighted by Crippen LogP contribution is -2.14. The fourth-order valence-electron chi connectivity index (χ4n) is 3.02. The summed E-state index contributed by atoms with van der Waals surface area (Å²) in [6.07, 6.45) is 2.76. The fraction of sp³-hybridized carbons (Fsp3) is 0.286. The highest BCUT2D eigenvalue weighted by molar-refractivity contribution is 7.99. The second kappa shape index (κ2) is 9.76. The Hall–Kier alpha value is -2.58. The Labute approximate surface area is 179 Å². The second-order valence-electron chi connectivity index (χ2n) is 6.31. The van der Waals surface area contributed by atoms with Gasteiger partial charge >= 0.3 is 0 Å². The minimum atomic E-state index is -0.112. The van der Waals surface area contributed by atoms with Crippen molar-refractivity contribution in [3.05, 3.63) is 52.7 Å². The zero-order chi connectivity index (χ0) is 20.8. The number of methoxy groups -OCH3 is 1. The van der Waals surface area contributed by atoms with Gasteiger partial charge in [0.2, 0.25) is 5.91 Å². The van der Waals surface area contributed by atoms with Crippen LogP contribution in [0.15, 0.2) is 47.5 Å². The molecule has 0 radical (unpaired) electrons. The Kier molecular flexibility index (Phi) is 7.11. The lowest BCUT2D eigenvalue weighted by molar-refractivity contribution is -0.113. The van der Waals surface area contributed by atoms with Crippen molar-refractivity contribution < 1.29 is 9.53 Å². The summed E-state index contributed by atoms with van der Waals surface area (Å²) >= 11 is 3.08. The Balaban J connectivity index is 1.74. The van der Waals surface area contributed by atoms with Gasteiger partial charge in [-0.05, 0) is 31.0 Å². The minimum absolute atomic E-state index is 0.112. The molecule has 1 amide bonds. The zero-order valence-electron chi connectivity index (χ0n) is 16.8. The maximum Gasteiger partial charge on any atom is 0.234 e. The predicted octanol–water partition coefficient (Wildman–Crippen LogP) is 4.80. The molecular formula is C21H24N4O2S2. The van der Waals surface area contributed by atoms with Crippen LogP contribution in [0, 0.1) is 6.92 Å². The van der Waals surface area contributed by atoms with Crippen LogP contribution < -0.4 is 10.1 Å². The van der Waals surface area contributed by atoms with Crippen molar-refractivity contribution in [1.82, 2.24) is 14.8 Å². The number of ether oxygens (including phenoxy) is 1. The molecule has 8 heteroatoms. The third kappa shape index (κ3) is 4.89. The van der Waals surface area contributed by atoms with Gasteiger partial charge in [-0.3, -0.25) is 9.36 Å². The molecule has 0 bridgehead atoms. The van der Waals surface area contributed by atoms with Crippen LogP contribution in [-0.2, 0) is 17.8 Å². The van der Waals surface area contributed by atoms with Crippen LogP contribution >= 0.6 is 23.1 Å². The van der Waals surface area contributed by atoms with Crippen LogP contribution in [0.1, 0.15) is 17.4 Å². The molecule has 6 nitrogen and oxygen atoms in total. The molecule has 29 heavy (non-hydrogen) atoms. The number of hydrogen-bond acceptors (Lipinski definition) is 6. The van der Waals surface area contributed by atoms with Crippen molar-refractivity contribution in [2.45, 2.75) is 32.0 Å². The second-order valence-corrected chi connectivity index (χ2v) is 8.34. The van der Waals surface area contributed by atoms with E-state index in [0.717, 1.165) is 17.8 Å². The van der Waals surface area contributed by atoms with Gasteiger partial charge in [-0.1, -0.05) is 30.8 Å². The number of nitrogens with zero attached hydrogens (tertiary/aromatic N) is 3. The number of rotatable bonds is 9. The van der Waals surface area contributed by atoms with Gasteiger partial charge < -0.3 is 10.1 Å². The third-order valence-corrected chi connectivity index (χ3v) is 6.33. The molecular weight excluding hydrogens is 404 g/mol. The molecule has 3 rings (SSSR count). The third-order valence-electron chi connectivity index (χ3n) is 4.41. The molecule has 2 heterocycles. The van der Waals surface area contributed by atoms with Crippen LogP contribution in [0.3, 0.4) is 0 Å². The van der Waals surface area contributed by atoms with Gasteiger partial charge in [0.15, 0.2) is 11.0 Å². The largest absolute Gasteiger partial charge is 0.497 e. The number of thiophene rings is 1. The van der Waals surface area contributed by atoms with Gasteiger partial charge in [-0.25, -0.2) is 0 Å². The van der Waals surface area contributed by atoms with Gasteiger partial charge in [0, 0.05) is 34.1 Å². The van der Waals surface area contributed by atoms with Crippen LogP contribution in [0.2, 0.25) is 0 Å². The van der Waals surface area contributed by atoms with Crippen LogP contribution in [0.4, 0.5) is 5.69 Å². The summed E-state index contributed by atoms with van der Waals surface area (Å²) in [5.41, 5.74) is 3.10. The number of anilines is 1. The average molecular weight is 429 g/mol. The van der Waals surface area contributed by atoms with E-state index in [1.807, 2.05) is 28.8 Å². The highest BCUT2D eigenvalue weighted by atomic mass is 32.2. The Morgan fingerprint density at radius 3 is 2.97 bits per heavy atom. The molecule has 0 spiro atoms. The number of hydrogen-bond donors (Lipinski definition) is 1. The molecule has 0 saturated heterocycles. The summed E-state index contributed by atoms with van der Waals surface area (Å²) in [6.45, 7) is 8.70. The van der Waals surface area contributed by atoms with Gasteiger partial charge in [0.1, 0.15) is 5.75 Å². The SMILES string of the molecule is C=CCn1c(SCC(=O)Nc2cccc(OC)c2)nnc1-c1csc(C)c1CC. The molecule has 1 N–H and O–H groups in total. The van der Waals surface area contributed by atoms with Gasteiger partial charge in [-0.15, -0.1) is 28.1 Å². The summed E-state index contributed by atoms with van der Waals surface area (Å²) in [5, 5.41) is 14.5. The molecule has 3 aromatic rings. The maximum absolute atomic E-state index is 12.4. The lowest BCUT2D eigenvalue weighted by atomic mass is 10.1. The van der Waals surface area contributed by atoms with E-state index in [1.165, 1.54) is 22.2 Å². The molecule has 152 valence electrons. The lowest BCUT2D eigenvalue weighted by Gasteiger charge is -2.09. The van der Waals surface area contributed by atoms with E-state index in [1.54, 1.807) is 24.5 Å². The first-order valence-electron chi connectivity index (χ1n) is 9.25. The molecule has 0 fully saturated rings. The van der Waals surface area contributed by atoms with E-state index < -0.39 is 0 Å². The predicted molar refractivity (Wildman–Crippen MR) is 120 cm³/mol. The number of amides is 1. The van der Waals surface area contributed by atoms with E-state index in [0.29, 0.717) is 23.1 Å². The van der Waals surface area contributed by atoms with Crippen molar-refractivity contribution in [1.29, 1.82) is 0 Å². The Morgan fingerprint density at radius 2 is 2.24 bits per heavy atom. The van der Waals surface area contributed by atoms with E-state index in [2.05, 4.69) is 41.3 Å². The minimum Gasteiger partial charge on any atom is -0.497 e. The smallest absolute Gasteiger partial charge is 0.234 e. The topological polar surface area (TPSA) is 69.0 Å². The van der Waals surface area contributed by atoms with Gasteiger partial charge in [-0.2, -0.15) is 0 Å². The summed E-state index contributed by atoms with van der Waals surface area (Å²) < 4.78 is 7.20. The van der Waals surface area contributed by atoms with E-state index in [9.17, 15) is 4.79 Å². The van der Waals surface area contributed by atoms with E-state index in [-0.39, 0.29) is 11.7 Å². The number of nitrogens with one attached hydrogen (secondary N) is 1. The van der Waals surface area contributed by atoms with Gasteiger partial charge in [0.25, 0.3) is 0 Å². The number of aryl methyl sites for hydroxylation is 1. The van der Waals surface area contributed by atoms with Crippen molar-refractivity contribution >= 4 is 34.7 Å². The number of benzene rings is 1. The van der Waals surface area contributed by atoms with Crippen molar-refractivity contribution in [2.24, 2.45) is 0 Å². The molecule has 0 aliphatic heterocycles. The van der Waals surface area contributed by atoms with Crippen molar-refractivity contribution in [2.75, 3.05) is 18.2 Å². The highest BCUT2D eigenvalue weighted by Gasteiger charge is 2.19. The first kappa shape index (κ1) is 21.1. The summed E-state index contributed by atoms with van der Waals surface area (Å²) in [7, 11) is 1.60. The van der Waals surface area contributed by atoms with E-state index in [4.69, 9.17) is 4.74 Å². The van der Waals surface area contributed by atoms with Crippen LogP contribution in [-0.4, -0.2) is 33.5 Å². The molecule has 0 unspecified atom stereocenters. The molecule has 2 aromatic heterocycles. The average Bonchev–Trinajstić information content (AvgIpc) is 3.29. The number of carbonyl (C=O) groups excluding carboxylic acids is 1. The fourth-order valence-corrected chi connectivity index (χ4v) is 4.71. The summed E-state index contributed by atoms with van der Waals surface area (Å²) in [5.74, 6) is 1.64. The number of thioether (sulfide) groups is 1. The quantitative estimate of drug-likeness (QED) is 0.391. The maximum atomic E-state index is 12.4. The van der Waals surface area contributed by atoms with Crippen LogP contribution in [0.5, 0.6) is 5.75 Å². The Morgan fingerprint density at radius 1 is 1.41 bits per heavy atom. The molecule has 0 saturated carbocycles. The molecule has 0 atom stereocenters.